The molecule has 0 unspecified atom stereocenters. The number of benzene rings is 2. The summed E-state index contributed by atoms with van der Waals surface area (Å²) in [6.45, 7) is 1.48. The van der Waals surface area contributed by atoms with Crippen molar-refractivity contribution in [1.82, 2.24) is 9.88 Å². The zero-order valence-corrected chi connectivity index (χ0v) is 16.5. The van der Waals surface area contributed by atoms with E-state index in [0.717, 1.165) is 31.7 Å². The van der Waals surface area contributed by atoms with Crippen LogP contribution in [0.3, 0.4) is 0 Å². The first kappa shape index (κ1) is 19.2. The van der Waals surface area contributed by atoms with Crippen molar-refractivity contribution in [2.75, 3.05) is 13.1 Å². The molecule has 1 aliphatic heterocycles. The average Bonchev–Trinajstić information content (AvgIpc) is 2.80. The smallest absolute Gasteiger partial charge is 0.223 e. The van der Waals surface area contributed by atoms with Gasteiger partial charge < -0.3 is 9.64 Å². The first-order valence-corrected chi connectivity index (χ1v) is 10.2. The number of rotatable bonds is 6. The molecule has 4 rings (SSSR count). The lowest BCUT2D eigenvalue weighted by atomic mass is 9.88. The number of hydrogen-bond donors (Lipinski definition) is 0. The van der Waals surface area contributed by atoms with E-state index in [9.17, 15) is 4.79 Å². The van der Waals surface area contributed by atoms with Crippen molar-refractivity contribution in [3.8, 4) is 5.75 Å². The van der Waals surface area contributed by atoms with E-state index < -0.39 is 0 Å². The fraction of sp³-hybridized carbons (Fsp3) is 0.280. The summed E-state index contributed by atoms with van der Waals surface area (Å²) >= 11 is 0. The molecule has 0 aliphatic carbocycles. The molecule has 1 amide bonds. The second-order valence-corrected chi connectivity index (χ2v) is 7.46. The molecular formula is C25H26N2O2. The number of piperidine rings is 1. The van der Waals surface area contributed by atoms with Crippen LogP contribution in [0.15, 0.2) is 85.2 Å². The maximum atomic E-state index is 13.1. The Balaban J connectivity index is 1.39. The highest BCUT2D eigenvalue weighted by atomic mass is 16.5. The summed E-state index contributed by atoms with van der Waals surface area (Å²) in [6.07, 6.45) is 5.83. The Morgan fingerprint density at radius 3 is 2.00 bits per heavy atom. The Kier molecular flexibility index (Phi) is 6.20. The van der Waals surface area contributed by atoms with Crippen molar-refractivity contribution in [1.29, 1.82) is 0 Å². The topological polar surface area (TPSA) is 42.4 Å². The van der Waals surface area contributed by atoms with Gasteiger partial charge in [-0.1, -0.05) is 60.7 Å². The molecule has 1 fully saturated rings. The molecule has 0 spiro atoms. The summed E-state index contributed by atoms with van der Waals surface area (Å²) in [5, 5.41) is 0. The van der Waals surface area contributed by atoms with Crippen LogP contribution in [0.5, 0.6) is 5.75 Å². The molecule has 4 nitrogen and oxygen atoms in total. The second kappa shape index (κ2) is 9.37. The van der Waals surface area contributed by atoms with E-state index in [1.165, 1.54) is 11.1 Å². The first-order chi connectivity index (χ1) is 14.3. The number of carbonyl (C=O) groups is 1. The van der Waals surface area contributed by atoms with Crippen LogP contribution in [0.1, 0.15) is 36.3 Å². The molecule has 0 radical (unpaired) electrons. The highest BCUT2D eigenvalue weighted by Crippen LogP contribution is 2.29. The molecular weight excluding hydrogens is 360 g/mol. The third-order valence-corrected chi connectivity index (χ3v) is 5.53. The summed E-state index contributed by atoms with van der Waals surface area (Å²) in [5.41, 5.74) is 2.37. The molecule has 148 valence electrons. The normalized spacial score (nSPS) is 14.7. The minimum absolute atomic E-state index is 0.0793. The molecule has 2 aromatic carbocycles. The van der Waals surface area contributed by atoms with Gasteiger partial charge in [0.05, 0.1) is 0 Å². The van der Waals surface area contributed by atoms with E-state index in [2.05, 4.69) is 29.2 Å². The lowest BCUT2D eigenvalue weighted by molar-refractivity contribution is -0.133. The predicted molar refractivity (Wildman–Crippen MR) is 114 cm³/mol. The molecule has 0 saturated carbocycles. The highest BCUT2D eigenvalue weighted by molar-refractivity contribution is 5.78. The van der Waals surface area contributed by atoms with Crippen LogP contribution in [-0.4, -0.2) is 35.0 Å². The van der Waals surface area contributed by atoms with E-state index in [-0.39, 0.29) is 17.9 Å². The van der Waals surface area contributed by atoms with Crippen LogP contribution in [-0.2, 0) is 4.79 Å². The lowest BCUT2D eigenvalue weighted by Crippen LogP contribution is -2.42. The highest BCUT2D eigenvalue weighted by Gasteiger charge is 2.26. The van der Waals surface area contributed by atoms with Crippen LogP contribution in [0.4, 0.5) is 0 Å². The van der Waals surface area contributed by atoms with Gasteiger partial charge in [0, 0.05) is 50.7 Å². The number of nitrogens with zero attached hydrogens (tertiary/aromatic N) is 2. The van der Waals surface area contributed by atoms with Gasteiger partial charge in [-0.2, -0.15) is 0 Å². The van der Waals surface area contributed by atoms with E-state index in [4.69, 9.17) is 4.74 Å². The van der Waals surface area contributed by atoms with Crippen LogP contribution in [0.2, 0.25) is 0 Å². The first-order valence-electron chi connectivity index (χ1n) is 10.2. The quantitative estimate of drug-likeness (QED) is 0.618. The standard InChI is InChI=1S/C25H26N2O2/c28-25(27-17-13-23(14-18-27)29-22-11-15-26-16-12-22)19-24(20-7-3-1-4-8-20)21-9-5-2-6-10-21/h1-12,15-16,23-24H,13-14,17-19H2. The monoisotopic (exact) mass is 386 g/mol. The Morgan fingerprint density at radius 1 is 0.897 bits per heavy atom. The van der Waals surface area contributed by atoms with Crippen molar-refractivity contribution in [3.63, 3.8) is 0 Å². The fourth-order valence-corrected chi connectivity index (χ4v) is 3.93. The number of hydrogen-bond acceptors (Lipinski definition) is 3. The van der Waals surface area contributed by atoms with Crippen LogP contribution in [0, 0.1) is 0 Å². The van der Waals surface area contributed by atoms with Gasteiger partial charge in [-0.15, -0.1) is 0 Å². The van der Waals surface area contributed by atoms with E-state index in [1.807, 2.05) is 53.4 Å². The fourth-order valence-electron chi connectivity index (χ4n) is 3.93. The zero-order valence-electron chi connectivity index (χ0n) is 16.5. The number of carbonyl (C=O) groups excluding carboxylic acids is 1. The summed E-state index contributed by atoms with van der Waals surface area (Å²) in [5.74, 6) is 1.14. The summed E-state index contributed by atoms with van der Waals surface area (Å²) in [6, 6.07) is 24.4. The van der Waals surface area contributed by atoms with Gasteiger partial charge in [0.2, 0.25) is 5.91 Å². The van der Waals surface area contributed by atoms with E-state index in [0.29, 0.717) is 6.42 Å². The Morgan fingerprint density at radius 2 is 1.45 bits per heavy atom. The summed E-state index contributed by atoms with van der Waals surface area (Å²) in [7, 11) is 0. The van der Waals surface area contributed by atoms with Crippen LogP contribution >= 0.6 is 0 Å². The molecule has 29 heavy (non-hydrogen) atoms. The third kappa shape index (κ3) is 5.02. The van der Waals surface area contributed by atoms with E-state index in [1.54, 1.807) is 12.4 Å². The number of ether oxygens (including phenoxy) is 1. The molecule has 0 atom stereocenters. The maximum absolute atomic E-state index is 13.1. The van der Waals surface area contributed by atoms with Crippen LogP contribution in [0.25, 0.3) is 0 Å². The molecule has 1 aromatic heterocycles. The van der Waals surface area contributed by atoms with Gasteiger partial charge in [-0.05, 0) is 23.3 Å². The SMILES string of the molecule is O=C(CC(c1ccccc1)c1ccccc1)N1CCC(Oc2ccncc2)CC1. The number of aromatic nitrogens is 1. The van der Waals surface area contributed by atoms with Crippen molar-refractivity contribution in [2.24, 2.45) is 0 Å². The van der Waals surface area contributed by atoms with E-state index >= 15 is 0 Å². The van der Waals surface area contributed by atoms with Crippen molar-refractivity contribution < 1.29 is 9.53 Å². The average molecular weight is 386 g/mol. The maximum Gasteiger partial charge on any atom is 0.223 e. The predicted octanol–water partition coefficient (Wildman–Crippen LogP) is 4.67. The number of pyridine rings is 1. The number of likely N-dealkylation sites (tertiary alicyclic amines) is 1. The minimum Gasteiger partial charge on any atom is -0.490 e. The van der Waals surface area contributed by atoms with Gasteiger partial charge in [0.15, 0.2) is 0 Å². The molecule has 1 saturated heterocycles. The second-order valence-electron chi connectivity index (χ2n) is 7.46. The molecule has 3 aromatic rings. The third-order valence-electron chi connectivity index (χ3n) is 5.53. The van der Waals surface area contributed by atoms with Gasteiger partial charge in [0.1, 0.15) is 11.9 Å². The summed E-state index contributed by atoms with van der Waals surface area (Å²) in [4.78, 5) is 19.1. The zero-order chi connectivity index (χ0) is 19.9. The van der Waals surface area contributed by atoms with Crippen molar-refractivity contribution in [3.05, 3.63) is 96.3 Å². The molecule has 0 N–H and O–H groups in total. The Bertz CT molecular complexity index is 852. The van der Waals surface area contributed by atoms with Crippen molar-refractivity contribution in [2.45, 2.75) is 31.3 Å². The van der Waals surface area contributed by atoms with Gasteiger partial charge in [-0.3, -0.25) is 9.78 Å². The molecule has 0 bridgehead atoms. The molecule has 1 aliphatic rings. The minimum atomic E-state index is 0.0793. The molecule has 2 heterocycles. The van der Waals surface area contributed by atoms with Gasteiger partial charge >= 0.3 is 0 Å². The van der Waals surface area contributed by atoms with Gasteiger partial charge in [-0.25, -0.2) is 0 Å². The molecule has 4 heteroatoms. The van der Waals surface area contributed by atoms with Gasteiger partial charge in [0.25, 0.3) is 0 Å². The Labute approximate surface area is 172 Å². The number of amides is 1. The largest absolute Gasteiger partial charge is 0.490 e. The Hall–Kier alpha value is -3.14. The lowest BCUT2D eigenvalue weighted by Gasteiger charge is -2.33. The van der Waals surface area contributed by atoms with Crippen LogP contribution < -0.4 is 4.74 Å². The summed E-state index contributed by atoms with van der Waals surface area (Å²) < 4.78 is 6.03. The van der Waals surface area contributed by atoms with Crippen molar-refractivity contribution >= 4 is 5.91 Å².